The lowest BCUT2D eigenvalue weighted by Gasteiger charge is -2.09. The van der Waals surface area contributed by atoms with Crippen LogP contribution in [-0.2, 0) is 4.79 Å². The topological polar surface area (TPSA) is 58.6 Å². The summed E-state index contributed by atoms with van der Waals surface area (Å²) in [7, 11) is 0. The first-order valence-electron chi connectivity index (χ1n) is 6.32. The molecule has 2 aromatic carbocycles. The lowest BCUT2D eigenvalue weighted by molar-refractivity contribution is -0.123. The van der Waals surface area contributed by atoms with Gasteiger partial charge in [0.2, 0.25) is 0 Å². The van der Waals surface area contributed by atoms with E-state index in [1.54, 1.807) is 12.1 Å². The lowest BCUT2D eigenvalue weighted by atomic mass is 10.1. The van der Waals surface area contributed by atoms with Crippen molar-refractivity contribution in [1.29, 1.82) is 0 Å². The fraction of sp³-hybridized carbons (Fsp3) is 0.267. The SMILES string of the molecule is CCCNC(=O)COc1cc2ccccc2cc1O. The Labute approximate surface area is 112 Å². The Morgan fingerprint density at radius 1 is 1.26 bits per heavy atom. The Hall–Kier alpha value is -2.23. The average Bonchev–Trinajstić information content (AvgIpc) is 2.42. The number of carbonyl (C=O) groups excluding carboxylic acids is 1. The molecule has 2 aromatic rings. The molecule has 19 heavy (non-hydrogen) atoms. The molecule has 1 amide bonds. The van der Waals surface area contributed by atoms with Gasteiger partial charge in [0.1, 0.15) is 0 Å². The fourth-order valence-corrected chi connectivity index (χ4v) is 1.78. The van der Waals surface area contributed by atoms with Crippen LogP contribution in [0, 0.1) is 0 Å². The smallest absolute Gasteiger partial charge is 0.257 e. The van der Waals surface area contributed by atoms with Gasteiger partial charge in [0.05, 0.1) is 0 Å². The molecule has 0 aromatic heterocycles. The third-order valence-electron chi connectivity index (χ3n) is 2.76. The molecule has 0 spiro atoms. The first-order valence-corrected chi connectivity index (χ1v) is 6.32. The molecule has 4 nitrogen and oxygen atoms in total. The second-order valence-electron chi connectivity index (χ2n) is 4.31. The van der Waals surface area contributed by atoms with Gasteiger partial charge in [-0.2, -0.15) is 0 Å². The van der Waals surface area contributed by atoms with Crippen molar-refractivity contribution < 1.29 is 14.6 Å². The molecular weight excluding hydrogens is 242 g/mol. The number of rotatable bonds is 5. The van der Waals surface area contributed by atoms with Crippen molar-refractivity contribution in [2.75, 3.05) is 13.2 Å². The van der Waals surface area contributed by atoms with Crippen LogP contribution in [0.4, 0.5) is 0 Å². The van der Waals surface area contributed by atoms with Crippen molar-refractivity contribution in [2.24, 2.45) is 0 Å². The minimum atomic E-state index is -0.186. The third kappa shape index (κ3) is 3.37. The van der Waals surface area contributed by atoms with Gasteiger partial charge in [-0.3, -0.25) is 4.79 Å². The fourth-order valence-electron chi connectivity index (χ4n) is 1.78. The average molecular weight is 259 g/mol. The van der Waals surface area contributed by atoms with Crippen molar-refractivity contribution in [2.45, 2.75) is 13.3 Å². The highest BCUT2D eigenvalue weighted by Gasteiger charge is 2.07. The number of phenolic OH excluding ortho intramolecular Hbond substituents is 1. The molecule has 0 aliphatic rings. The number of phenols is 1. The minimum Gasteiger partial charge on any atom is -0.504 e. The van der Waals surface area contributed by atoms with E-state index in [0.717, 1.165) is 17.2 Å². The molecule has 2 rings (SSSR count). The molecular formula is C15H17NO3. The minimum absolute atomic E-state index is 0.0435. The van der Waals surface area contributed by atoms with E-state index in [1.807, 2.05) is 31.2 Å². The van der Waals surface area contributed by atoms with Gasteiger partial charge in [-0.05, 0) is 29.3 Å². The van der Waals surface area contributed by atoms with Crippen LogP contribution in [0.1, 0.15) is 13.3 Å². The first kappa shape index (κ1) is 13.2. The van der Waals surface area contributed by atoms with Gasteiger partial charge in [-0.15, -0.1) is 0 Å². The molecule has 0 aliphatic carbocycles. The van der Waals surface area contributed by atoms with Crippen LogP contribution in [0.2, 0.25) is 0 Å². The molecule has 0 heterocycles. The van der Waals surface area contributed by atoms with Gasteiger partial charge >= 0.3 is 0 Å². The maximum Gasteiger partial charge on any atom is 0.257 e. The van der Waals surface area contributed by atoms with E-state index < -0.39 is 0 Å². The maximum atomic E-state index is 11.4. The normalized spacial score (nSPS) is 10.4. The van der Waals surface area contributed by atoms with E-state index in [0.29, 0.717) is 12.3 Å². The Bertz CT molecular complexity index is 581. The predicted octanol–water partition coefficient (Wildman–Crippen LogP) is 2.45. The Kier molecular flexibility index (Phi) is 4.23. The third-order valence-corrected chi connectivity index (χ3v) is 2.76. The summed E-state index contributed by atoms with van der Waals surface area (Å²) in [5, 5.41) is 14.4. The molecule has 0 fully saturated rings. The van der Waals surface area contributed by atoms with E-state index in [2.05, 4.69) is 5.32 Å². The number of benzene rings is 2. The van der Waals surface area contributed by atoms with Crippen LogP contribution >= 0.6 is 0 Å². The van der Waals surface area contributed by atoms with E-state index >= 15 is 0 Å². The van der Waals surface area contributed by atoms with Crippen LogP contribution in [0.15, 0.2) is 36.4 Å². The predicted molar refractivity (Wildman–Crippen MR) is 74.4 cm³/mol. The Morgan fingerprint density at radius 2 is 1.95 bits per heavy atom. The molecule has 2 N–H and O–H groups in total. The highest BCUT2D eigenvalue weighted by molar-refractivity contribution is 5.86. The largest absolute Gasteiger partial charge is 0.504 e. The highest BCUT2D eigenvalue weighted by Crippen LogP contribution is 2.31. The van der Waals surface area contributed by atoms with Crippen LogP contribution in [0.3, 0.4) is 0 Å². The number of hydrogen-bond donors (Lipinski definition) is 2. The zero-order valence-electron chi connectivity index (χ0n) is 10.8. The van der Waals surface area contributed by atoms with Crippen molar-refractivity contribution in [3.05, 3.63) is 36.4 Å². The number of amides is 1. The van der Waals surface area contributed by atoms with Crippen LogP contribution in [0.5, 0.6) is 11.5 Å². The standard InChI is InChI=1S/C15H17NO3/c1-2-7-16-15(18)10-19-14-9-12-6-4-3-5-11(12)8-13(14)17/h3-6,8-9,17H,2,7,10H2,1H3,(H,16,18). The zero-order valence-corrected chi connectivity index (χ0v) is 10.8. The number of nitrogens with one attached hydrogen (secondary N) is 1. The molecule has 0 saturated carbocycles. The Balaban J connectivity index is 2.08. The van der Waals surface area contributed by atoms with Gasteiger partial charge in [0.15, 0.2) is 18.1 Å². The molecule has 0 aliphatic heterocycles. The molecule has 0 bridgehead atoms. The monoisotopic (exact) mass is 259 g/mol. The molecule has 0 atom stereocenters. The van der Waals surface area contributed by atoms with Gasteiger partial charge in [0, 0.05) is 6.54 Å². The van der Waals surface area contributed by atoms with Gasteiger partial charge in [-0.25, -0.2) is 0 Å². The van der Waals surface area contributed by atoms with E-state index in [1.165, 1.54) is 0 Å². The van der Waals surface area contributed by atoms with Crippen molar-refractivity contribution in [1.82, 2.24) is 5.32 Å². The molecule has 0 unspecified atom stereocenters. The van der Waals surface area contributed by atoms with Gasteiger partial charge < -0.3 is 15.2 Å². The molecule has 4 heteroatoms. The summed E-state index contributed by atoms with van der Waals surface area (Å²) >= 11 is 0. The van der Waals surface area contributed by atoms with Crippen molar-refractivity contribution in [3.63, 3.8) is 0 Å². The summed E-state index contributed by atoms with van der Waals surface area (Å²) in [6, 6.07) is 11.0. The number of carbonyl (C=O) groups is 1. The number of fused-ring (bicyclic) bond motifs is 1. The van der Waals surface area contributed by atoms with E-state index in [9.17, 15) is 9.90 Å². The molecule has 100 valence electrons. The van der Waals surface area contributed by atoms with E-state index in [-0.39, 0.29) is 18.3 Å². The molecule has 0 saturated heterocycles. The van der Waals surface area contributed by atoms with Crippen molar-refractivity contribution in [3.8, 4) is 11.5 Å². The number of ether oxygens (including phenoxy) is 1. The number of hydrogen-bond acceptors (Lipinski definition) is 3. The second kappa shape index (κ2) is 6.09. The molecule has 0 radical (unpaired) electrons. The summed E-state index contributed by atoms with van der Waals surface area (Å²) in [6.07, 6.45) is 0.882. The summed E-state index contributed by atoms with van der Waals surface area (Å²) in [4.78, 5) is 11.4. The summed E-state index contributed by atoms with van der Waals surface area (Å²) in [5.74, 6) is 0.182. The van der Waals surface area contributed by atoms with E-state index in [4.69, 9.17) is 4.74 Å². The summed E-state index contributed by atoms with van der Waals surface area (Å²) in [5.41, 5.74) is 0. The summed E-state index contributed by atoms with van der Waals surface area (Å²) < 4.78 is 5.34. The van der Waals surface area contributed by atoms with Crippen molar-refractivity contribution >= 4 is 16.7 Å². The van der Waals surface area contributed by atoms with Gasteiger partial charge in [0.25, 0.3) is 5.91 Å². The zero-order chi connectivity index (χ0) is 13.7. The maximum absolute atomic E-state index is 11.4. The number of aromatic hydroxyl groups is 1. The van der Waals surface area contributed by atoms with Crippen LogP contribution in [-0.4, -0.2) is 24.2 Å². The van der Waals surface area contributed by atoms with Crippen LogP contribution in [0.25, 0.3) is 10.8 Å². The van der Waals surface area contributed by atoms with Crippen LogP contribution < -0.4 is 10.1 Å². The lowest BCUT2D eigenvalue weighted by Crippen LogP contribution is -2.29. The summed E-state index contributed by atoms with van der Waals surface area (Å²) in [6.45, 7) is 2.52. The highest BCUT2D eigenvalue weighted by atomic mass is 16.5. The quantitative estimate of drug-likeness (QED) is 0.867. The first-order chi connectivity index (χ1) is 9.20. The van der Waals surface area contributed by atoms with Gasteiger partial charge in [-0.1, -0.05) is 31.2 Å². The second-order valence-corrected chi connectivity index (χ2v) is 4.31. The Morgan fingerprint density at radius 3 is 2.63 bits per heavy atom.